The lowest BCUT2D eigenvalue weighted by atomic mass is 9.77. The van der Waals surface area contributed by atoms with E-state index in [-0.39, 0.29) is 22.9 Å². The fraction of sp³-hybridized carbons (Fsp3) is 0.562. The van der Waals surface area contributed by atoms with E-state index in [1.807, 2.05) is 18.2 Å². The lowest BCUT2D eigenvalue weighted by Gasteiger charge is -2.53. The van der Waals surface area contributed by atoms with E-state index in [1.54, 1.807) is 0 Å². The highest BCUT2D eigenvalue weighted by atomic mass is 19.1. The number of piperidine rings is 1. The SMILES string of the molecule is Cc1ccc(C)n1-c1cc(Nc2ncc(F)c(NC3CC(C)(C)N(C)C(C)(C)C3)n2)ccc1OCCN1CCCC1. The summed E-state index contributed by atoms with van der Waals surface area (Å²) >= 11 is 0. The Morgan fingerprint density at radius 1 is 1.00 bits per heavy atom. The predicted octanol–water partition coefficient (Wildman–Crippen LogP) is 6.30. The molecule has 0 radical (unpaired) electrons. The van der Waals surface area contributed by atoms with Gasteiger partial charge in [0.15, 0.2) is 11.6 Å². The fourth-order valence-electron chi connectivity index (χ4n) is 6.56. The van der Waals surface area contributed by atoms with Crippen molar-refractivity contribution in [1.82, 2.24) is 24.3 Å². The van der Waals surface area contributed by atoms with Gasteiger partial charge in [-0.3, -0.25) is 9.80 Å². The number of hydrogen-bond donors (Lipinski definition) is 2. The van der Waals surface area contributed by atoms with Crippen molar-refractivity contribution in [1.29, 1.82) is 0 Å². The van der Waals surface area contributed by atoms with Crippen molar-refractivity contribution in [3.63, 3.8) is 0 Å². The average molecular weight is 564 g/mol. The van der Waals surface area contributed by atoms with Crippen LogP contribution in [0.15, 0.2) is 36.5 Å². The van der Waals surface area contributed by atoms with Gasteiger partial charge in [0.2, 0.25) is 5.95 Å². The standard InChI is InChI=1S/C32H46FN7O/c1-22-10-11-23(2)40(22)27-18-24(12-13-28(27)41-17-16-39-14-8-9-15-39)36-30-34-21-26(33)29(37-30)35-25-19-31(3,4)38(7)32(5,6)20-25/h10-13,18,21,25H,8-9,14-17,19-20H2,1-7H3,(H2,34,35,36,37). The van der Waals surface area contributed by atoms with Gasteiger partial charge in [0.05, 0.1) is 11.9 Å². The van der Waals surface area contributed by atoms with Gasteiger partial charge in [0, 0.05) is 40.7 Å². The van der Waals surface area contributed by atoms with Crippen molar-refractivity contribution in [2.75, 3.05) is 43.9 Å². The quantitative estimate of drug-likeness (QED) is 0.316. The highest BCUT2D eigenvalue weighted by Gasteiger charge is 2.43. The Kier molecular flexibility index (Phi) is 8.30. The molecule has 2 saturated heterocycles. The Balaban J connectivity index is 1.36. The number of likely N-dealkylation sites (tertiary alicyclic amines) is 2. The number of ether oxygens (including phenoxy) is 1. The zero-order chi connectivity index (χ0) is 29.4. The van der Waals surface area contributed by atoms with Crippen molar-refractivity contribution in [2.45, 2.75) is 84.3 Å². The summed E-state index contributed by atoms with van der Waals surface area (Å²) in [5.74, 6) is 0.941. The Bertz CT molecular complexity index is 1320. The van der Waals surface area contributed by atoms with Crippen molar-refractivity contribution in [3.8, 4) is 11.4 Å². The Morgan fingerprint density at radius 3 is 2.32 bits per heavy atom. The molecule has 2 aromatic heterocycles. The molecule has 0 atom stereocenters. The summed E-state index contributed by atoms with van der Waals surface area (Å²) in [5, 5.41) is 6.69. The van der Waals surface area contributed by atoms with Crippen molar-refractivity contribution in [2.24, 2.45) is 0 Å². The molecule has 2 N–H and O–H groups in total. The molecule has 0 unspecified atom stereocenters. The highest BCUT2D eigenvalue weighted by molar-refractivity contribution is 5.64. The van der Waals surface area contributed by atoms with E-state index in [9.17, 15) is 4.39 Å². The third-order valence-corrected chi connectivity index (χ3v) is 8.98. The van der Waals surface area contributed by atoms with Crippen LogP contribution >= 0.6 is 0 Å². The number of nitrogens with zero attached hydrogens (tertiary/aromatic N) is 5. The first kappa shape index (κ1) is 29.3. The molecule has 3 aromatic rings. The van der Waals surface area contributed by atoms with Crippen LogP contribution in [-0.2, 0) is 0 Å². The van der Waals surface area contributed by atoms with Crippen LogP contribution in [0.5, 0.6) is 5.75 Å². The average Bonchev–Trinajstić information content (AvgIpc) is 3.54. The molecule has 222 valence electrons. The van der Waals surface area contributed by atoms with Crippen LogP contribution in [0.1, 0.15) is 64.8 Å². The Morgan fingerprint density at radius 2 is 1.66 bits per heavy atom. The number of benzene rings is 1. The first-order chi connectivity index (χ1) is 19.4. The summed E-state index contributed by atoms with van der Waals surface area (Å²) < 4.78 is 23.4. The molecular weight excluding hydrogens is 517 g/mol. The molecule has 8 nitrogen and oxygen atoms in total. The minimum atomic E-state index is -0.453. The summed E-state index contributed by atoms with van der Waals surface area (Å²) in [4.78, 5) is 13.7. The van der Waals surface area contributed by atoms with Crippen molar-refractivity contribution in [3.05, 3.63) is 53.7 Å². The smallest absolute Gasteiger partial charge is 0.229 e. The largest absolute Gasteiger partial charge is 0.490 e. The Hall–Kier alpha value is -3.17. The van der Waals surface area contributed by atoms with Crippen LogP contribution in [0.3, 0.4) is 0 Å². The van der Waals surface area contributed by atoms with Crippen LogP contribution in [0.2, 0.25) is 0 Å². The second-order valence-electron chi connectivity index (χ2n) is 13.0. The molecule has 41 heavy (non-hydrogen) atoms. The molecule has 0 saturated carbocycles. The van der Waals surface area contributed by atoms with Crippen LogP contribution in [0.4, 0.5) is 21.8 Å². The number of rotatable bonds is 9. The lowest BCUT2D eigenvalue weighted by Crippen LogP contribution is -2.61. The topological polar surface area (TPSA) is 70.5 Å². The zero-order valence-corrected chi connectivity index (χ0v) is 25.7. The Labute approximate surface area is 244 Å². The monoisotopic (exact) mass is 563 g/mol. The maximum Gasteiger partial charge on any atom is 0.229 e. The van der Waals surface area contributed by atoms with Gasteiger partial charge in [-0.1, -0.05) is 0 Å². The van der Waals surface area contributed by atoms with Gasteiger partial charge in [0.1, 0.15) is 12.4 Å². The zero-order valence-electron chi connectivity index (χ0n) is 25.7. The van der Waals surface area contributed by atoms with E-state index >= 15 is 0 Å². The molecular formula is C32H46FN7O. The summed E-state index contributed by atoms with van der Waals surface area (Å²) in [5.41, 5.74) is 3.96. The van der Waals surface area contributed by atoms with E-state index in [1.165, 1.54) is 19.0 Å². The van der Waals surface area contributed by atoms with Gasteiger partial charge < -0.3 is 19.9 Å². The molecule has 2 aliphatic heterocycles. The van der Waals surface area contributed by atoms with Gasteiger partial charge >= 0.3 is 0 Å². The normalized spacial score (nSPS) is 19.4. The van der Waals surface area contributed by atoms with E-state index in [0.717, 1.165) is 61.0 Å². The van der Waals surface area contributed by atoms with E-state index < -0.39 is 5.82 Å². The van der Waals surface area contributed by atoms with Gasteiger partial charge in [0.25, 0.3) is 0 Å². The van der Waals surface area contributed by atoms with Crippen LogP contribution in [0.25, 0.3) is 5.69 Å². The number of aromatic nitrogens is 3. The minimum Gasteiger partial charge on any atom is -0.490 e. The number of nitrogens with one attached hydrogen (secondary N) is 2. The van der Waals surface area contributed by atoms with Crippen LogP contribution in [0, 0.1) is 19.7 Å². The maximum absolute atomic E-state index is 14.9. The first-order valence-electron chi connectivity index (χ1n) is 14.9. The number of anilines is 3. The molecule has 0 aliphatic carbocycles. The second kappa shape index (κ2) is 11.6. The summed E-state index contributed by atoms with van der Waals surface area (Å²) in [6, 6.07) is 10.3. The van der Waals surface area contributed by atoms with Gasteiger partial charge in [-0.25, -0.2) is 9.37 Å². The summed E-state index contributed by atoms with van der Waals surface area (Å²) in [6.07, 6.45) is 5.54. The highest BCUT2D eigenvalue weighted by Crippen LogP contribution is 2.38. The summed E-state index contributed by atoms with van der Waals surface area (Å²) in [7, 11) is 2.17. The molecule has 0 spiro atoms. The van der Waals surface area contributed by atoms with Crippen molar-refractivity contribution >= 4 is 17.5 Å². The van der Waals surface area contributed by atoms with E-state index in [0.29, 0.717) is 12.6 Å². The van der Waals surface area contributed by atoms with Gasteiger partial charge in [-0.05, 0) is 118 Å². The molecule has 0 amide bonds. The maximum atomic E-state index is 14.9. The number of halogens is 1. The van der Waals surface area contributed by atoms with Gasteiger partial charge in [-0.2, -0.15) is 4.98 Å². The molecule has 0 bridgehead atoms. The molecule has 1 aromatic carbocycles. The third-order valence-electron chi connectivity index (χ3n) is 8.98. The van der Waals surface area contributed by atoms with Gasteiger partial charge in [-0.15, -0.1) is 0 Å². The predicted molar refractivity (Wildman–Crippen MR) is 164 cm³/mol. The molecule has 5 rings (SSSR count). The molecule has 4 heterocycles. The lowest BCUT2D eigenvalue weighted by molar-refractivity contribution is -0.00778. The van der Waals surface area contributed by atoms with E-state index in [4.69, 9.17) is 4.74 Å². The molecule has 2 fully saturated rings. The van der Waals surface area contributed by atoms with Crippen LogP contribution < -0.4 is 15.4 Å². The minimum absolute atomic E-state index is 0.0204. The number of hydrogen-bond acceptors (Lipinski definition) is 7. The fourth-order valence-corrected chi connectivity index (χ4v) is 6.56. The second-order valence-corrected chi connectivity index (χ2v) is 13.0. The first-order valence-corrected chi connectivity index (χ1v) is 14.9. The molecule has 9 heteroatoms. The van der Waals surface area contributed by atoms with Crippen LogP contribution in [-0.4, -0.2) is 74.7 Å². The third kappa shape index (κ3) is 6.51. The van der Waals surface area contributed by atoms with E-state index in [2.05, 4.69) is 95.7 Å². The number of aryl methyl sites for hydroxylation is 2. The molecule has 2 aliphatic rings. The van der Waals surface area contributed by atoms with Crippen molar-refractivity contribution < 1.29 is 9.13 Å². The summed E-state index contributed by atoms with van der Waals surface area (Å²) in [6.45, 7) is 17.0.